The Morgan fingerprint density at radius 1 is 1.50 bits per heavy atom. The van der Waals surface area contributed by atoms with Gasteiger partial charge in [0.15, 0.2) is 0 Å². The van der Waals surface area contributed by atoms with E-state index in [2.05, 4.69) is 4.74 Å². The van der Waals surface area contributed by atoms with Crippen molar-refractivity contribution in [3.8, 4) is 0 Å². The molecule has 0 aliphatic carbocycles. The number of rotatable bonds is 4. The van der Waals surface area contributed by atoms with Gasteiger partial charge in [-0.25, -0.2) is 0 Å². The number of hydrogen-bond acceptors (Lipinski definition) is 3. The molecule has 0 bridgehead atoms. The molecule has 0 unspecified atom stereocenters. The highest BCUT2D eigenvalue weighted by atomic mass is 16.5. The minimum Gasteiger partial charge on any atom is -0.469 e. The molecule has 0 rings (SSSR count). The molecule has 0 aliphatic heterocycles. The minimum absolute atomic E-state index is 0.118. The quantitative estimate of drug-likeness (QED) is 0.651. The van der Waals surface area contributed by atoms with Crippen molar-refractivity contribution in [1.82, 2.24) is 0 Å². The number of aliphatic hydroxyl groups excluding tert-OH is 1. The SMILES string of the molecule is CC[C@@H](O)[C@H](C(=O)OC)C(C)C. The first-order valence-corrected chi connectivity index (χ1v) is 4.30. The van der Waals surface area contributed by atoms with Crippen LogP contribution in [-0.4, -0.2) is 24.3 Å². The summed E-state index contributed by atoms with van der Waals surface area (Å²) in [7, 11) is 1.35. The zero-order valence-electron chi connectivity index (χ0n) is 8.20. The van der Waals surface area contributed by atoms with Crippen molar-refractivity contribution in [2.24, 2.45) is 11.8 Å². The van der Waals surface area contributed by atoms with Gasteiger partial charge in [-0.05, 0) is 12.3 Å². The van der Waals surface area contributed by atoms with Crippen LogP contribution in [0.5, 0.6) is 0 Å². The van der Waals surface area contributed by atoms with Crippen molar-refractivity contribution in [2.75, 3.05) is 7.11 Å². The zero-order valence-corrected chi connectivity index (χ0v) is 8.20. The molecule has 3 heteroatoms. The zero-order chi connectivity index (χ0) is 9.72. The standard InChI is InChI=1S/C9H18O3/c1-5-7(10)8(6(2)3)9(11)12-4/h6-8,10H,5H2,1-4H3/t7-,8-/m1/s1. The third kappa shape index (κ3) is 2.81. The van der Waals surface area contributed by atoms with Crippen molar-refractivity contribution in [2.45, 2.75) is 33.3 Å². The van der Waals surface area contributed by atoms with Gasteiger partial charge in [-0.2, -0.15) is 0 Å². The molecule has 0 saturated carbocycles. The Hall–Kier alpha value is -0.570. The van der Waals surface area contributed by atoms with Gasteiger partial charge < -0.3 is 9.84 Å². The monoisotopic (exact) mass is 174 g/mol. The van der Waals surface area contributed by atoms with E-state index in [1.807, 2.05) is 20.8 Å². The van der Waals surface area contributed by atoms with Crippen LogP contribution < -0.4 is 0 Å². The first-order valence-electron chi connectivity index (χ1n) is 4.30. The Morgan fingerprint density at radius 3 is 2.25 bits per heavy atom. The third-order valence-electron chi connectivity index (χ3n) is 2.02. The number of hydrogen-bond donors (Lipinski definition) is 1. The van der Waals surface area contributed by atoms with Crippen LogP contribution in [0.1, 0.15) is 27.2 Å². The van der Waals surface area contributed by atoms with Gasteiger partial charge in [0.25, 0.3) is 0 Å². The van der Waals surface area contributed by atoms with Crippen molar-refractivity contribution in [1.29, 1.82) is 0 Å². The first kappa shape index (κ1) is 11.4. The van der Waals surface area contributed by atoms with Gasteiger partial charge in [0.2, 0.25) is 0 Å². The number of carbonyl (C=O) groups excluding carboxylic acids is 1. The molecule has 2 atom stereocenters. The molecule has 0 radical (unpaired) electrons. The summed E-state index contributed by atoms with van der Waals surface area (Å²) >= 11 is 0. The number of ether oxygens (including phenoxy) is 1. The van der Waals surface area contributed by atoms with E-state index in [1.165, 1.54) is 7.11 Å². The van der Waals surface area contributed by atoms with Gasteiger partial charge in [-0.15, -0.1) is 0 Å². The fourth-order valence-electron chi connectivity index (χ4n) is 1.26. The molecule has 1 N–H and O–H groups in total. The third-order valence-corrected chi connectivity index (χ3v) is 2.02. The fourth-order valence-corrected chi connectivity index (χ4v) is 1.26. The van der Waals surface area contributed by atoms with E-state index in [0.717, 1.165) is 0 Å². The maximum Gasteiger partial charge on any atom is 0.311 e. The lowest BCUT2D eigenvalue weighted by Crippen LogP contribution is -2.33. The van der Waals surface area contributed by atoms with Crippen LogP contribution >= 0.6 is 0 Å². The molecule has 0 saturated heterocycles. The van der Waals surface area contributed by atoms with Crippen LogP contribution in [0, 0.1) is 11.8 Å². The second-order valence-corrected chi connectivity index (χ2v) is 3.27. The Kier molecular flexibility index (Phi) is 4.90. The average Bonchev–Trinajstić information content (AvgIpc) is 2.03. The maximum absolute atomic E-state index is 11.2. The van der Waals surface area contributed by atoms with Gasteiger partial charge in [0.05, 0.1) is 19.1 Å². The Morgan fingerprint density at radius 2 is 2.00 bits per heavy atom. The van der Waals surface area contributed by atoms with Crippen molar-refractivity contribution < 1.29 is 14.6 Å². The van der Waals surface area contributed by atoms with Gasteiger partial charge in [0.1, 0.15) is 0 Å². The molecule has 3 nitrogen and oxygen atoms in total. The van der Waals surface area contributed by atoms with Crippen LogP contribution in [0.3, 0.4) is 0 Å². The number of carbonyl (C=O) groups is 1. The summed E-state index contributed by atoms with van der Waals surface area (Å²) in [6.45, 7) is 5.66. The van der Waals surface area contributed by atoms with Crippen LogP contribution in [0.4, 0.5) is 0 Å². The highest BCUT2D eigenvalue weighted by Gasteiger charge is 2.29. The van der Waals surface area contributed by atoms with E-state index >= 15 is 0 Å². The van der Waals surface area contributed by atoms with E-state index in [4.69, 9.17) is 0 Å². The molecule has 0 aromatic rings. The molecule has 72 valence electrons. The smallest absolute Gasteiger partial charge is 0.311 e. The molecule has 0 aromatic heterocycles. The number of aliphatic hydroxyl groups is 1. The molecule has 0 aromatic carbocycles. The Balaban J connectivity index is 4.32. The highest BCUT2D eigenvalue weighted by Crippen LogP contribution is 2.18. The van der Waals surface area contributed by atoms with Crippen LogP contribution in [0.2, 0.25) is 0 Å². The van der Waals surface area contributed by atoms with Gasteiger partial charge >= 0.3 is 5.97 Å². The molecule has 12 heavy (non-hydrogen) atoms. The van der Waals surface area contributed by atoms with E-state index in [0.29, 0.717) is 6.42 Å². The summed E-state index contributed by atoms with van der Waals surface area (Å²) in [5, 5.41) is 9.49. The lowest BCUT2D eigenvalue weighted by molar-refractivity contribution is -0.151. The van der Waals surface area contributed by atoms with Crippen molar-refractivity contribution >= 4 is 5.97 Å². The predicted molar refractivity (Wildman–Crippen MR) is 46.6 cm³/mol. The molecule has 0 spiro atoms. The minimum atomic E-state index is -0.586. The lowest BCUT2D eigenvalue weighted by Gasteiger charge is -2.22. The summed E-state index contributed by atoms with van der Waals surface area (Å²) in [6.07, 6.45) is -0.00440. The van der Waals surface area contributed by atoms with Crippen LogP contribution in [-0.2, 0) is 9.53 Å². The largest absolute Gasteiger partial charge is 0.469 e. The first-order chi connectivity index (χ1) is 5.54. The van der Waals surface area contributed by atoms with Crippen LogP contribution in [0.15, 0.2) is 0 Å². The summed E-state index contributed by atoms with van der Waals surface area (Å²) in [5.41, 5.74) is 0. The normalized spacial score (nSPS) is 15.8. The molecule has 0 amide bonds. The Labute approximate surface area is 73.7 Å². The van der Waals surface area contributed by atoms with E-state index in [9.17, 15) is 9.90 Å². The number of methoxy groups -OCH3 is 1. The maximum atomic E-state index is 11.2. The number of esters is 1. The van der Waals surface area contributed by atoms with E-state index in [1.54, 1.807) is 0 Å². The molecular formula is C9H18O3. The summed E-state index contributed by atoms with van der Waals surface area (Å²) in [4.78, 5) is 11.2. The summed E-state index contributed by atoms with van der Waals surface area (Å²) in [6, 6.07) is 0. The fraction of sp³-hybridized carbons (Fsp3) is 0.889. The molecule has 0 heterocycles. The van der Waals surface area contributed by atoms with Crippen LogP contribution in [0.25, 0.3) is 0 Å². The van der Waals surface area contributed by atoms with Gasteiger partial charge in [0, 0.05) is 0 Å². The van der Waals surface area contributed by atoms with Crippen molar-refractivity contribution in [3.05, 3.63) is 0 Å². The van der Waals surface area contributed by atoms with E-state index < -0.39 is 6.10 Å². The van der Waals surface area contributed by atoms with Crippen molar-refractivity contribution in [3.63, 3.8) is 0 Å². The second-order valence-electron chi connectivity index (χ2n) is 3.27. The molecule has 0 aliphatic rings. The Bertz CT molecular complexity index is 143. The second kappa shape index (κ2) is 5.14. The molecule has 0 fully saturated rings. The molecular weight excluding hydrogens is 156 g/mol. The summed E-state index contributed by atoms with van der Waals surface area (Å²) < 4.78 is 4.60. The summed E-state index contributed by atoms with van der Waals surface area (Å²) in [5.74, 6) is -0.591. The van der Waals surface area contributed by atoms with Gasteiger partial charge in [-0.1, -0.05) is 20.8 Å². The topological polar surface area (TPSA) is 46.5 Å². The predicted octanol–water partition coefficient (Wildman–Crippen LogP) is 1.20. The van der Waals surface area contributed by atoms with Gasteiger partial charge in [-0.3, -0.25) is 4.79 Å². The average molecular weight is 174 g/mol. The lowest BCUT2D eigenvalue weighted by atomic mass is 9.89. The van der Waals surface area contributed by atoms with E-state index in [-0.39, 0.29) is 17.8 Å². The highest BCUT2D eigenvalue weighted by molar-refractivity contribution is 5.73.